The number of benzene rings is 1. The van der Waals surface area contributed by atoms with Crippen LogP contribution in [0.1, 0.15) is 38.7 Å². The minimum absolute atomic E-state index is 0.259. The molecule has 0 aromatic heterocycles. The normalized spacial score (nSPS) is 27.7. The second-order valence-corrected chi connectivity index (χ2v) is 5.81. The van der Waals surface area contributed by atoms with Crippen LogP contribution in [0.2, 0.25) is 5.02 Å². The van der Waals surface area contributed by atoms with Crippen molar-refractivity contribution in [2.75, 3.05) is 0 Å². The maximum Gasteiger partial charge on any atom is 0.125 e. The zero-order valence-electron chi connectivity index (χ0n) is 11.0. The zero-order chi connectivity index (χ0) is 13.1. The molecule has 3 heteroatoms. The fraction of sp³-hybridized carbons (Fsp3) is 0.600. The zero-order valence-corrected chi connectivity index (χ0v) is 11.8. The number of hydrogen-bond donors (Lipinski definition) is 1. The van der Waals surface area contributed by atoms with Gasteiger partial charge >= 0.3 is 0 Å². The highest BCUT2D eigenvalue weighted by atomic mass is 35.5. The summed E-state index contributed by atoms with van der Waals surface area (Å²) in [4.78, 5) is 0. The van der Waals surface area contributed by atoms with Crippen molar-refractivity contribution in [2.45, 2.75) is 45.7 Å². The molecule has 1 saturated carbocycles. The monoisotopic (exact) mass is 269 g/mol. The average molecular weight is 270 g/mol. The van der Waals surface area contributed by atoms with E-state index in [-0.39, 0.29) is 5.82 Å². The average Bonchev–Trinajstić information content (AvgIpc) is 2.66. The van der Waals surface area contributed by atoms with Crippen molar-refractivity contribution in [3.05, 3.63) is 34.6 Å². The Hall–Kier alpha value is -0.600. The molecular weight excluding hydrogens is 249 g/mol. The van der Waals surface area contributed by atoms with E-state index in [4.69, 9.17) is 11.6 Å². The predicted octanol–water partition coefficient (Wildman–Crippen LogP) is 4.39. The van der Waals surface area contributed by atoms with Crippen LogP contribution < -0.4 is 5.32 Å². The van der Waals surface area contributed by atoms with E-state index in [9.17, 15) is 4.39 Å². The standard InChI is InChI=1S/C15H21ClFN/c1-3-12-4-5-15(10(12)2)18-9-11-6-13(16)8-14(17)7-11/h6-8,10,12,15,18H,3-5,9H2,1-2H3. The summed E-state index contributed by atoms with van der Waals surface area (Å²) in [6.07, 6.45) is 3.78. The van der Waals surface area contributed by atoms with Crippen LogP contribution in [0.3, 0.4) is 0 Å². The van der Waals surface area contributed by atoms with Gasteiger partial charge in [0.05, 0.1) is 0 Å². The lowest BCUT2D eigenvalue weighted by Crippen LogP contribution is -2.32. The fourth-order valence-electron chi connectivity index (χ4n) is 3.07. The molecule has 100 valence electrons. The van der Waals surface area contributed by atoms with Crippen molar-refractivity contribution in [3.63, 3.8) is 0 Å². The van der Waals surface area contributed by atoms with Crippen molar-refractivity contribution in [3.8, 4) is 0 Å². The smallest absolute Gasteiger partial charge is 0.125 e. The van der Waals surface area contributed by atoms with Gasteiger partial charge in [0, 0.05) is 17.6 Å². The number of rotatable bonds is 4. The van der Waals surface area contributed by atoms with Crippen LogP contribution >= 0.6 is 11.6 Å². The summed E-state index contributed by atoms with van der Waals surface area (Å²) in [5, 5.41) is 4.01. The molecule has 0 aliphatic heterocycles. The van der Waals surface area contributed by atoms with Crippen LogP contribution in [-0.2, 0) is 6.54 Å². The summed E-state index contributed by atoms with van der Waals surface area (Å²) >= 11 is 5.85. The first kappa shape index (κ1) is 13.8. The van der Waals surface area contributed by atoms with E-state index in [1.165, 1.54) is 25.3 Å². The largest absolute Gasteiger partial charge is 0.310 e. The summed E-state index contributed by atoms with van der Waals surface area (Å²) in [5.74, 6) is 1.28. The molecule has 1 fully saturated rings. The summed E-state index contributed by atoms with van der Waals surface area (Å²) in [5.41, 5.74) is 0.923. The van der Waals surface area contributed by atoms with Crippen molar-refractivity contribution in [2.24, 2.45) is 11.8 Å². The highest BCUT2D eigenvalue weighted by Crippen LogP contribution is 2.34. The highest BCUT2D eigenvalue weighted by molar-refractivity contribution is 6.30. The number of halogens is 2. The molecule has 1 N–H and O–H groups in total. The highest BCUT2D eigenvalue weighted by Gasteiger charge is 2.30. The van der Waals surface area contributed by atoms with Gasteiger partial charge in [0.15, 0.2) is 0 Å². The Morgan fingerprint density at radius 1 is 1.33 bits per heavy atom. The molecule has 1 nitrogen and oxygen atoms in total. The van der Waals surface area contributed by atoms with E-state index in [2.05, 4.69) is 19.2 Å². The van der Waals surface area contributed by atoms with Gasteiger partial charge in [0.1, 0.15) is 5.82 Å². The first-order valence-electron chi connectivity index (χ1n) is 6.78. The Kier molecular flexibility index (Phi) is 4.63. The lowest BCUT2D eigenvalue weighted by atomic mass is 9.93. The van der Waals surface area contributed by atoms with Crippen LogP contribution in [0.25, 0.3) is 0 Å². The van der Waals surface area contributed by atoms with Gasteiger partial charge in [-0.2, -0.15) is 0 Å². The van der Waals surface area contributed by atoms with E-state index in [1.54, 1.807) is 6.07 Å². The topological polar surface area (TPSA) is 12.0 Å². The minimum atomic E-state index is -0.259. The van der Waals surface area contributed by atoms with Crippen molar-refractivity contribution < 1.29 is 4.39 Å². The van der Waals surface area contributed by atoms with Crippen LogP contribution in [0.5, 0.6) is 0 Å². The summed E-state index contributed by atoms with van der Waals surface area (Å²) in [6.45, 7) is 5.27. The molecule has 3 atom stereocenters. The molecule has 2 rings (SSSR count). The molecule has 0 heterocycles. The van der Waals surface area contributed by atoms with E-state index < -0.39 is 0 Å². The predicted molar refractivity (Wildman–Crippen MR) is 74.2 cm³/mol. The Labute approximate surface area is 114 Å². The fourth-order valence-corrected chi connectivity index (χ4v) is 3.32. The van der Waals surface area contributed by atoms with Crippen LogP contribution in [0, 0.1) is 17.7 Å². The Morgan fingerprint density at radius 3 is 2.72 bits per heavy atom. The maximum absolute atomic E-state index is 13.2. The quantitative estimate of drug-likeness (QED) is 0.855. The van der Waals surface area contributed by atoms with E-state index in [0.29, 0.717) is 23.5 Å². The van der Waals surface area contributed by atoms with Crippen molar-refractivity contribution in [1.82, 2.24) is 5.32 Å². The SMILES string of the molecule is CCC1CCC(NCc2cc(F)cc(Cl)c2)C1C. The van der Waals surface area contributed by atoms with Gasteiger partial charge in [-0.3, -0.25) is 0 Å². The molecule has 1 aromatic carbocycles. The first-order valence-corrected chi connectivity index (χ1v) is 7.16. The van der Waals surface area contributed by atoms with Gasteiger partial charge in [-0.15, -0.1) is 0 Å². The third-order valence-electron chi connectivity index (χ3n) is 4.24. The molecule has 18 heavy (non-hydrogen) atoms. The molecule has 3 unspecified atom stereocenters. The van der Waals surface area contributed by atoms with Crippen LogP contribution in [-0.4, -0.2) is 6.04 Å². The van der Waals surface area contributed by atoms with E-state index in [0.717, 1.165) is 11.5 Å². The van der Waals surface area contributed by atoms with Crippen LogP contribution in [0.15, 0.2) is 18.2 Å². The van der Waals surface area contributed by atoms with Gasteiger partial charge < -0.3 is 5.32 Å². The molecule has 1 aliphatic carbocycles. The third-order valence-corrected chi connectivity index (χ3v) is 4.46. The molecule has 1 aliphatic rings. The van der Waals surface area contributed by atoms with Gasteiger partial charge in [0.2, 0.25) is 0 Å². The second-order valence-electron chi connectivity index (χ2n) is 5.37. The number of hydrogen-bond acceptors (Lipinski definition) is 1. The molecule has 0 amide bonds. The Balaban J connectivity index is 1.92. The van der Waals surface area contributed by atoms with Gasteiger partial charge in [-0.05, 0) is 48.4 Å². The molecule has 0 bridgehead atoms. The van der Waals surface area contributed by atoms with E-state index in [1.807, 2.05) is 6.07 Å². The Bertz CT molecular complexity index is 387. The third kappa shape index (κ3) is 3.24. The lowest BCUT2D eigenvalue weighted by Gasteiger charge is -2.21. The molecule has 0 radical (unpaired) electrons. The maximum atomic E-state index is 13.2. The summed E-state index contributed by atoms with van der Waals surface area (Å²) in [7, 11) is 0. The van der Waals surface area contributed by atoms with Crippen molar-refractivity contribution >= 4 is 11.6 Å². The minimum Gasteiger partial charge on any atom is -0.310 e. The summed E-state index contributed by atoms with van der Waals surface area (Å²) < 4.78 is 13.2. The second kappa shape index (κ2) is 6.03. The summed E-state index contributed by atoms with van der Waals surface area (Å²) in [6, 6.07) is 5.28. The molecule has 1 aromatic rings. The first-order chi connectivity index (χ1) is 8.60. The Morgan fingerprint density at radius 2 is 2.11 bits per heavy atom. The number of nitrogens with one attached hydrogen (secondary N) is 1. The van der Waals surface area contributed by atoms with E-state index >= 15 is 0 Å². The van der Waals surface area contributed by atoms with Crippen molar-refractivity contribution in [1.29, 1.82) is 0 Å². The lowest BCUT2D eigenvalue weighted by molar-refractivity contribution is 0.344. The van der Waals surface area contributed by atoms with Gasteiger partial charge in [-0.1, -0.05) is 31.9 Å². The van der Waals surface area contributed by atoms with Crippen LogP contribution in [0.4, 0.5) is 4.39 Å². The molecule has 0 saturated heterocycles. The molecular formula is C15H21ClFN. The van der Waals surface area contributed by atoms with Gasteiger partial charge in [0.25, 0.3) is 0 Å². The molecule has 0 spiro atoms. The van der Waals surface area contributed by atoms with Gasteiger partial charge in [-0.25, -0.2) is 4.39 Å².